The van der Waals surface area contributed by atoms with Crippen LogP contribution in [0.5, 0.6) is 5.75 Å². The van der Waals surface area contributed by atoms with Crippen LogP contribution in [0.25, 0.3) is 0 Å². The fourth-order valence-electron chi connectivity index (χ4n) is 3.83. The number of hydrogen-bond acceptors (Lipinski definition) is 4. The number of nitrogens with zero attached hydrogens (tertiary/aromatic N) is 2. The summed E-state index contributed by atoms with van der Waals surface area (Å²) in [6.07, 6.45) is -0.264. The van der Waals surface area contributed by atoms with Crippen molar-refractivity contribution in [1.82, 2.24) is 4.90 Å². The summed E-state index contributed by atoms with van der Waals surface area (Å²) < 4.78 is 18.7. The minimum absolute atomic E-state index is 0.134. The molecular formula is C26H24FN3O4. The van der Waals surface area contributed by atoms with Gasteiger partial charge in [0.15, 0.2) is 0 Å². The standard InChI is InChI=1S/C26H24FN3O4/c1-17-6-10-21(11-7-17)30-25(32)23(15-24(31)28-20-5-3-4-19(27)14-20)29(26(30)33)16-18-8-12-22(34-2)13-9-18/h3-14,23H,15-16H2,1-2H3,(H,28,31)/t23-/m1/s1. The van der Waals surface area contributed by atoms with Crippen LogP contribution in [0, 0.1) is 12.7 Å². The molecule has 1 atom stereocenters. The first-order valence-electron chi connectivity index (χ1n) is 10.8. The zero-order valence-corrected chi connectivity index (χ0v) is 18.8. The lowest BCUT2D eigenvalue weighted by atomic mass is 10.1. The van der Waals surface area contributed by atoms with Gasteiger partial charge in [-0.3, -0.25) is 9.59 Å². The van der Waals surface area contributed by atoms with Gasteiger partial charge in [0.1, 0.15) is 17.6 Å². The van der Waals surface area contributed by atoms with Crippen molar-refractivity contribution < 1.29 is 23.5 Å². The number of imide groups is 1. The van der Waals surface area contributed by atoms with E-state index in [1.165, 1.54) is 23.1 Å². The number of benzene rings is 3. The van der Waals surface area contributed by atoms with Gasteiger partial charge < -0.3 is 15.0 Å². The normalized spacial score (nSPS) is 15.6. The number of halogens is 1. The molecule has 0 aliphatic carbocycles. The van der Waals surface area contributed by atoms with Gasteiger partial charge in [0, 0.05) is 12.2 Å². The molecule has 1 N–H and O–H groups in total. The molecule has 0 spiro atoms. The SMILES string of the molecule is COc1ccc(CN2C(=O)N(c3ccc(C)cc3)C(=O)[C@H]2CC(=O)Nc2cccc(F)c2)cc1. The zero-order valence-electron chi connectivity index (χ0n) is 18.8. The van der Waals surface area contributed by atoms with E-state index in [-0.39, 0.29) is 18.7 Å². The van der Waals surface area contributed by atoms with Crippen LogP contribution < -0.4 is 15.0 Å². The average Bonchev–Trinajstić information content (AvgIpc) is 3.04. The Hall–Kier alpha value is -4.20. The Balaban J connectivity index is 1.60. The molecule has 1 aliphatic rings. The molecule has 0 aromatic heterocycles. The largest absolute Gasteiger partial charge is 0.497 e. The monoisotopic (exact) mass is 461 g/mol. The van der Waals surface area contributed by atoms with Gasteiger partial charge in [-0.2, -0.15) is 0 Å². The van der Waals surface area contributed by atoms with Crippen LogP contribution in [0.15, 0.2) is 72.8 Å². The molecule has 174 valence electrons. The molecule has 3 aromatic carbocycles. The molecule has 34 heavy (non-hydrogen) atoms. The molecule has 4 rings (SSSR count). The Kier molecular flexibility index (Phi) is 6.58. The number of nitrogens with one attached hydrogen (secondary N) is 1. The van der Waals surface area contributed by atoms with Crippen molar-refractivity contribution in [3.8, 4) is 5.75 Å². The maximum absolute atomic E-state index is 13.5. The number of anilines is 2. The van der Waals surface area contributed by atoms with E-state index in [0.29, 0.717) is 11.4 Å². The third-order valence-electron chi connectivity index (χ3n) is 5.61. The van der Waals surface area contributed by atoms with Gasteiger partial charge in [-0.25, -0.2) is 14.1 Å². The summed E-state index contributed by atoms with van der Waals surface area (Å²) in [5.41, 5.74) is 2.49. The van der Waals surface area contributed by atoms with E-state index in [4.69, 9.17) is 4.74 Å². The predicted molar refractivity (Wildman–Crippen MR) is 126 cm³/mol. The number of carbonyl (C=O) groups is 3. The van der Waals surface area contributed by atoms with E-state index in [1.807, 2.05) is 19.1 Å². The number of urea groups is 1. The molecule has 4 amide bonds. The molecule has 1 aliphatic heterocycles. The highest BCUT2D eigenvalue weighted by Gasteiger charge is 2.46. The maximum Gasteiger partial charge on any atom is 0.332 e. The second-order valence-corrected chi connectivity index (χ2v) is 8.05. The first kappa shape index (κ1) is 23.0. The summed E-state index contributed by atoms with van der Waals surface area (Å²) in [5.74, 6) is -0.810. The van der Waals surface area contributed by atoms with Gasteiger partial charge in [-0.05, 0) is 55.0 Å². The molecule has 3 aromatic rings. The second-order valence-electron chi connectivity index (χ2n) is 8.05. The number of aryl methyl sites for hydroxylation is 1. The molecule has 0 bridgehead atoms. The quantitative estimate of drug-likeness (QED) is 0.525. The highest BCUT2D eigenvalue weighted by Crippen LogP contribution is 2.29. The van der Waals surface area contributed by atoms with Crippen LogP contribution in [0.3, 0.4) is 0 Å². The van der Waals surface area contributed by atoms with Crippen molar-refractivity contribution >= 4 is 29.2 Å². The fourth-order valence-corrected chi connectivity index (χ4v) is 3.83. The third kappa shape index (κ3) is 4.91. The molecule has 0 saturated carbocycles. The molecule has 1 fully saturated rings. The van der Waals surface area contributed by atoms with E-state index < -0.39 is 29.7 Å². The third-order valence-corrected chi connectivity index (χ3v) is 5.61. The highest BCUT2D eigenvalue weighted by molar-refractivity contribution is 6.22. The molecule has 7 nitrogen and oxygen atoms in total. The summed E-state index contributed by atoms with van der Waals surface area (Å²) >= 11 is 0. The Morgan fingerprint density at radius 2 is 1.74 bits per heavy atom. The summed E-state index contributed by atoms with van der Waals surface area (Å²) in [7, 11) is 1.56. The molecule has 0 unspecified atom stereocenters. The number of ether oxygens (including phenoxy) is 1. The lowest BCUT2D eigenvalue weighted by Gasteiger charge is -2.22. The van der Waals surface area contributed by atoms with E-state index in [1.54, 1.807) is 49.6 Å². The highest BCUT2D eigenvalue weighted by atomic mass is 19.1. The van der Waals surface area contributed by atoms with Crippen LogP contribution in [0.4, 0.5) is 20.6 Å². The topological polar surface area (TPSA) is 79.0 Å². The number of carbonyl (C=O) groups excluding carboxylic acids is 3. The minimum atomic E-state index is -1.01. The van der Waals surface area contributed by atoms with Crippen molar-refractivity contribution in [3.63, 3.8) is 0 Å². The first-order chi connectivity index (χ1) is 16.4. The number of rotatable bonds is 7. The van der Waals surface area contributed by atoms with Crippen LogP contribution >= 0.6 is 0 Å². The van der Waals surface area contributed by atoms with Crippen molar-refractivity contribution in [3.05, 3.63) is 89.7 Å². The van der Waals surface area contributed by atoms with E-state index >= 15 is 0 Å². The summed E-state index contributed by atoms with van der Waals surface area (Å²) in [6.45, 7) is 2.04. The van der Waals surface area contributed by atoms with E-state index in [0.717, 1.165) is 16.0 Å². The Bertz CT molecular complexity index is 1210. The fraction of sp³-hybridized carbons (Fsp3) is 0.192. The van der Waals surface area contributed by atoms with E-state index in [2.05, 4.69) is 5.32 Å². The lowest BCUT2D eigenvalue weighted by molar-refractivity contribution is -0.124. The zero-order chi connectivity index (χ0) is 24.2. The van der Waals surface area contributed by atoms with Crippen molar-refractivity contribution in [2.75, 3.05) is 17.3 Å². The van der Waals surface area contributed by atoms with Gasteiger partial charge in [-0.1, -0.05) is 35.9 Å². The van der Waals surface area contributed by atoms with Gasteiger partial charge in [-0.15, -0.1) is 0 Å². The molecule has 0 radical (unpaired) electrons. The molecular weight excluding hydrogens is 437 g/mol. The van der Waals surface area contributed by atoms with Crippen molar-refractivity contribution in [2.24, 2.45) is 0 Å². The minimum Gasteiger partial charge on any atom is -0.497 e. The van der Waals surface area contributed by atoms with Crippen LogP contribution in [-0.2, 0) is 16.1 Å². The predicted octanol–water partition coefficient (Wildman–Crippen LogP) is 4.51. The molecule has 1 saturated heterocycles. The van der Waals surface area contributed by atoms with Gasteiger partial charge in [0.2, 0.25) is 5.91 Å². The molecule has 1 heterocycles. The Morgan fingerprint density at radius 3 is 2.38 bits per heavy atom. The van der Waals surface area contributed by atoms with Gasteiger partial charge in [0.25, 0.3) is 5.91 Å². The average molecular weight is 461 g/mol. The van der Waals surface area contributed by atoms with Crippen molar-refractivity contribution in [1.29, 1.82) is 0 Å². The van der Waals surface area contributed by atoms with E-state index in [9.17, 15) is 18.8 Å². The van der Waals surface area contributed by atoms with Gasteiger partial charge in [0.05, 0.1) is 19.2 Å². The molecule has 8 heteroatoms. The maximum atomic E-state index is 13.5. The van der Waals surface area contributed by atoms with Crippen LogP contribution in [0.2, 0.25) is 0 Å². The number of hydrogen-bond donors (Lipinski definition) is 1. The number of amides is 4. The lowest BCUT2D eigenvalue weighted by Crippen LogP contribution is -2.37. The second kappa shape index (κ2) is 9.74. The smallest absolute Gasteiger partial charge is 0.332 e. The van der Waals surface area contributed by atoms with Crippen molar-refractivity contribution in [2.45, 2.75) is 25.9 Å². The van der Waals surface area contributed by atoms with Gasteiger partial charge >= 0.3 is 6.03 Å². The van der Waals surface area contributed by atoms with Crippen LogP contribution in [-0.4, -0.2) is 35.9 Å². The summed E-state index contributed by atoms with van der Waals surface area (Å²) in [5, 5.41) is 2.60. The first-order valence-corrected chi connectivity index (χ1v) is 10.8. The Morgan fingerprint density at radius 1 is 1.03 bits per heavy atom. The van der Waals surface area contributed by atoms with Crippen LogP contribution in [0.1, 0.15) is 17.5 Å². The summed E-state index contributed by atoms with van der Waals surface area (Å²) in [6, 6.07) is 18.1. The Labute approximate surface area is 196 Å². The number of methoxy groups -OCH3 is 1. The summed E-state index contributed by atoms with van der Waals surface area (Å²) in [4.78, 5) is 41.9.